The second kappa shape index (κ2) is 10.3. The molecular weight excluding hydrogens is 553 g/mol. The molecule has 6 atom stereocenters. The molecule has 0 aromatic carbocycles. The van der Waals surface area contributed by atoms with E-state index >= 15 is 0 Å². The van der Waals surface area contributed by atoms with Crippen molar-refractivity contribution >= 4 is 29.4 Å². The molecule has 23 heteroatoms. The zero-order valence-corrected chi connectivity index (χ0v) is 19.8. The minimum absolute atomic E-state index is 0.569. The van der Waals surface area contributed by atoms with Crippen molar-refractivity contribution in [3.8, 4) is 5.75 Å². The van der Waals surface area contributed by atoms with E-state index in [1.165, 1.54) is 0 Å². The molecule has 2 aliphatic rings. The van der Waals surface area contributed by atoms with Gasteiger partial charge in [-0.25, -0.2) is 23.3 Å². The summed E-state index contributed by atoms with van der Waals surface area (Å²) in [6, 6.07) is 0. The Labute approximate surface area is 192 Å². The maximum Gasteiger partial charge on any atom is 0.492 e. The highest BCUT2D eigenvalue weighted by Crippen LogP contribution is 2.80. The zero-order chi connectivity index (χ0) is 26.2. The number of aliphatic hydroxyl groups excluding tert-OH is 2. The Morgan fingerprint density at radius 2 is 1.74 bits per heavy atom. The number of aromatic amines is 1. The number of hydrogen-bond acceptors (Lipinski definition) is 16. The number of rotatable bonds is 8. The van der Waals surface area contributed by atoms with Crippen LogP contribution in [0.4, 0.5) is 0 Å². The zero-order valence-electron chi connectivity index (χ0n) is 17.1. The van der Waals surface area contributed by atoms with Gasteiger partial charge in [0, 0.05) is 0 Å². The Morgan fingerprint density at radius 1 is 1.11 bits per heavy atom. The van der Waals surface area contributed by atoms with Gasteiger partial charge in [-0.15, -0.1) is 0 Å². The first-order valence-electron chi connectivity index (χ1n) is 8.93. The average molecular weight is 570 g/mol. The Hall–Kier alpha value is -1.76. The molecule has 0 spiro atoms. The molecule has 2 aliphatic heterocycles. The molecule has 20 nitrogen and oxygen atoms in total. The summed E-state index contributed by atoms with van der Waals surface area (Å²) >= 11 is 0. The monoisotopic (exact) mass is 570 g/mol. The number of nitrogens with one attached hydrogen (secondary N) is 1. The van der Waals surface area contributed by atoms with E-state index in [2.05, 4.69) is 27.2 Å². The molecule has 2 saturated heterocycles. The van der Waals surface area contributed by atoms with Crippen molar-refractivity contribution in [1.29, 1.82) is 0 Å². The lowest BCUT2D eigenvalue weighted by Gasteiger charge is -2.27. The highest BCUT2D eigenvalue weighted by molar-refractivity contribution is 7.74. The van der Waals surface area contributed by atoms with Crippen LogP contribution in [0.3, 0.4) is 0 Å². The first kappa shape index (κ1) is 27.8. The van der Waals surface area contributed by atoms with E-state index in [4.69, 9.17) is 9.47 Å². The van der Waals surface area contributed by atoms with E-state index in [-0.39, 0.29) is 0 Å². The summed E-state index contributed by atoms with van der Waals surface area (Å²) in [5, 5.41) is 20.5. The molecule has 0 aliphatic carbocycles. The average Bonchev–Trinajstić information content (AvgIpc) is 2.98. The minimum atomic E-state index is -5.33. The van der Waals surface area contributed by atoms with Gasteiger partial charge in [-0.1, -0.05) is 0 Å². The van der Waals surface area contributed by atoms with Crippen LogP contribution >= 0.6 is 23.5 Å². The van der Waals surface area contributed by atoms with Crippen molar-refractivity contribution in [3.63, 3.8) is 0 Å². The first-order chi connectivity index (χ1) is 16.2. The van der Waals surface area contributed by atoms with E-state index in [1.54, 1.807) is 0 Å². The number of nitrogens with zero attached hydrogens (tertiary/aromatic N) is 1. The molecule has 2 fully saturated rings. The first-order valence-corrected chi connectivity index (χ1v) is 13.4. The quantitative estimate of drug-likeness (QED) is 0.129. The van der Waals surface area contributed by atoms with Crippen molar-refractivity contribution < 1.29 is 75.2 Å². The molecule has 0 radical (unpaired) electrons. The van der Waals surface area contributed by atoms with E-state index in [1.807, 2.05) is 4.98 Å². The Balaban J connectivity index is 1.75. The maximum atomic E-state index is 12.3. The lowest BCUT2D eigenvalue weighted by molar-refractivity contribution is -0.256. The van der Waals surface area contributed by atoms with Crippen LogP contribution in [0.5, 0.6) is 5.75 Å². The van der Waals surface area contributed by atoms with Crippen molar-refractivity contribution in [3.05, 3.63) is 27.0 Å². The number of H-pyrrole nitrogens is 1. The number of hydrogen-bond donors (Lipinski definition) is 5. The van der Waals surface area contributed by atoms with Gasteiger partial charge in [-0.2, -0.15) is 17.8 Å². The summed E-state index contributed by atoms with van der Waals surface area (Å²) in [6.45, 7) is -1.85. The molecule has 5 N–H and O–H groups in total. The van der Waals surface area contributed by atoms with Crippen LogP contribution in [0.1, 0.15) is 6.23 Å². The third-order valence-electron chi connectivity index (χ3n) is 4.08. The largest absolute Gasteiger partial charge is 0.492 e. The normalized spacial score (nSPS) is 37.2. The van der Waals surface area contributed by atoms with Crippen LogP contribution in [0.25, 0.3) is 0 Å². The lowest BCUT2D eigenvalue weighted by Crippen LogP contribution is -2.38. The van der Waals surface area contributed by atoms with Crippen molar-refractivity contribution in [2.45, 2.75) is 24.5 Å². The molecule has 0 amide bonds. The van der Waals surface area contributed by atoms with Gasteiger partial charge in [-0.05, 0) is 0 Å². The number of ether oxygens (including phenoxy) is 2. The van der Waals surface area contributed by atoms with Crippen LogP contribution < -0.4 is 16.0 Å². The van der Waals surface area contributed by atoms with Crippen LogP contribution in [0.2, 0.25) is 0 Å². The van der Waals surface area contributed by atoms with Crippen LogP contribution in [-0.2, 0) is 50.5 Å². The van der Waals surface area contributed by atoms with Gasteiger partial charge in [0.05, 0.1) is 19.9 Å². The summed E-state index contributed by atoms with van der Waals surface area (Å²) < 4.78 is 62.4. The van der Waals surface area contributed by atoms with Gasteiger partial charge in [0.15, 0.2) is 12.8 Å². The summed E-state index contributed by atoms with van der Waals surface area (Å²) in [5.41, 5.74) is -2.22. The molecule has 3 heterocycles. The SMILES string of the molecule is COOC(=O)COc1cn([C@@H]2O[C@H](COP3(=O)OP(=O)(O)OP(=O)(O)O3)[C@H](O)C2O)c(=O)[nH]c1=O. The second-order valence-electron chi connectivity index (χ2n) is 6.54. The Morgan fingerprint density at radius 3 is 2.34 bits per heavy atom. The third-order valence-corrected chi connectivity index (χ3v) is 9.45. The molecule has 1 aromatic rings. The second-order valence-corrected chi connectivity index (χ2v) is 11.5. The molecule has 3 rings (SSSR count). The van der Waals surface area contributed by atoms with Crippen LogP contribution in [0, 0.1) is 0 Å². The summed E-state index contributed by atoms with van der Waals surface area (Å²) in [7, 11) is -14.8. The van der Waals surface area contributed by atoms with Crippen molar-refractivity contribution in [2.75, 3.05) is 20.3 Å². The standard InChI is InChI=1S/C12H17N2O18P3/c1-25-29-7(15)4-26-5-2-14(12(19)13-10(5)18)11-9(17)8(16)6(28-11)3-27-35(24)31-33(20,21)30-34(22,23)32-35/h2,6,8-9,11,16-17H,3-4H2,1H3,(H,20,21)(H,22,23)(H,13,18,19)/t6-,8+,9?,11-/m1/s1. The van der Waals surface area contributed by atoms with Gasteiger partial charge in [0.25, 0.3) is 5.56 Å². The van der Waals surface area contributed by atoms with Crippen LogP contribution in [0.15, 0.2) is 15.8 Å². The van der Waals surface area contributed by atoms with Gasteiger partial charge < -0.3 is 29.5 Å². The number of phosphoric acid groups is 3. The smallest absolute Gasteiger partial charge is 0.475 e. The number of aromatic nitrogens is 2. The van der Waals surface area contributed by atoms with Gasteiger partial charge in [0.2, 0.25) is 5.75 Å². The summed E-state index contributed by atoms with van der Waals surface area (Å²) in [6.07, 6.45) is -6.37. The molecule has 0 saturated carbocycles. The fourth-order valence-corrected chi connectivity index (χ4v) is 7.68. The molecule has 35 heavy (non-hydrogen) atoms. The highest BCUT2D eigenvalue weighted by atomic mass is 31.3. The Bertz CT molecular complexity index is 1200. The third kappa shape index (κ3) is 6.72. The molecule has 0 bridgehead atoms. The topological polar surface area (TPSA) is 278 Å². The fourth-order valence-electron chi connectivity index (χ4n) is 2.75. The number of carbonyl (C=O) groups is 1. The molecular formula is C12H17N2O18P3. The van der Waals surface area contributed by atoms with Crippen molar-refractivity contribution in [1.82, 2.24) is 9.55 Å². The number of aliphatic hydroxyl groups is 2. The predicted molar refractivity (Wildman–Crippen MR) is 102 cm³/mol. The van der Waals surface area contributed by atoms with Gasteiger partial charge >= 0.3 is 35.1 Å². The van der Waals surface area contributed by atoms with E-state index in [9.17, 15) is 48.1 Å². The molecule has 1 aromatic heterocycles. The maximum absolute atomic E-state index is 12.3. The predicted octanol–water partition coefficient (Wildman–Crippen LogP) is -1.97. The lowest BCUT2D eigenvalue weighted by atomic mass is 10.1. The summed E-state index contributed by atoms with van der Waals surface area (Å²) in [4.78, 5) is 63.9. The van der Waals surface area contributed by atoms with Gasteiger partial charge in [-0.3, -0.25) is 23.8 Å². The fraction of sp³-hybridized carbons (Fsp3) is 0.583. The Kier molecular flexibility index (Phi) is 8.20. The summed E-state index contributed by atoms with van der Waals surface area (Å²) in [5.74, 6) is -1.64. The highest BCUT2D eigenvalue weighted by Gasteiger charge is 2.55. The van der Waals surface area contributed by atoms with Gasteiger partial charge in [0.1, 0.15) is 18.3 Å². The van der Waals surface area contributed by atoms with E-state index in [0.717, 1.165) is 13.3 Å². The molecule has 3 unspecified atom stereocenters. The van der Waals surface area contributed by atoms with Crippen molar-refractivity contribution in [2.24, 2.45) is 0 Å². The van der Waals surface area contributed by atoms with E-state index in [0.29, 0.717) is 4.57 Å². The number of carbonyl (C=O) groups excluding carboxylic acids is 1. The minimum Gasteiger partial charge on any atom is -0.475 e. The molecule has 198 valence electrons. The van der Waals surface area contributed by atoms with Crippen LogP contribution in [-0.4, -0.2) is 74.2 Å². The van der Waals surface area contributed by atoms with E-state index < -0.39 is 84.2 Å².